The van der Waals surface area contributed by atoms with E-state index in [2.05, 4.69) is 53.0 Å². The minimum absolute atomic E-state index is 0.668. The number of benzene rings is 1. The summed E-state index contributed by atoms with van der Waals surface area (Å²) in [5, 5.41) is 0. The highest BCUT2D eigenvalue weighted by Gasteiger charge is 2.19. The van der Waals surface area contributed by atoms with Crippen LogP contribution in [0, 0.1) is 0 Å². The Hall–Kier alpha value is -0.340. The van der Waals surface area contributed by atoms with Crippen LogP contribution in [-0.2, 0) is 6.54 Å². The fourth-order valence-corrected chi connectivity index (χ4v) is 2.52. The van der Waals surface area contributed by atoms with E-state index in [4.69, 9.17) is 0 Å². The Morgan fingerprint density at radius 2 is 2.23 bits per heavy atom. The Morgan fingerprint density at radius 1 is 1.46 bits per heavy atom. The molecule has 2 heteroatoms. The molecule has 0 aromatic heterocycles. The van der Waals surface area contributed by atoms with Crippen LogP contribution in [0.4, 0.5) is 0 Å². The van der Waals surface area contributed by atoms with Gasteiger partial charge in [0.1, 0.15) is 0 Å². The van der Waals surface area contributed by atoms with Crippen molar-refractivity contribution in [1.29, 1.82) is 0 Å². The van der Waals surface area contributed by atoms with Crippen LogP contribution in [0.25, 0.3) is 0 Å². The van der Waals surface area contributed by atoms with Crippen LogP contribution in [0.5, 0.6) is 0 Å². The summed E-state index contributed by atoms with van der Waals surface area (Å²) >= 11 is 3.51. The average molecular weight is 240 g/mol. The van der Waals surface area contributed by atoms with Gasteiger partial charge in [-0.05, 0) is 36.2 Å². The van der Waals surface area contributed by atoms with Gasteiger partial charge < -0.3 is 4.90 Å². The van der Waals surface area contributed by atoms with Crippen LogP contribution in [-0.4, -0.2) is 18.5 Å². The molecule has 0 spiro atoms. The lowest BCUT2D eigenvalue weighted by Gasteiger charge is -2.30. The van der Waals surface area contributed by atoms with Gasteiger partial charge in [0, 0.05) is 17.6 Å². The van der Waals surface area contributed by atoms with E-state index in [-0.39, 0.29) is 0 Å². The van der Waals surface area contributed by atoms with Crippen LogP contribution >= 0.6 is 15.9 Å². The van der Waals surface area contributed by atoms with E-state index in [0.717, 1.165) is 6.54 Å². The fraction of sp³-hybridized carbons (Fsp3) is 0.455. The van der Waals surface area contributed by atoms with Crippen molar-refractivity contribution in [2.75, 3.05) is 13.6 Å². The Kier molecular flexibility index (Phi) is 2.43. The number of fused-ring (bicyclic) bond motifs is 1. The standard InChI is InChI=1S/C11H14BrN/c1-8-6-13(2)7-9-5-10(12)3-4-11(8)9/h3-5,8H,6-7H2,1-2H3. The van der Waals surface area contributed by atoms with Crippen molar-refractivity contribution in [3.8, 4) is 0 Å². The summed E-state index contributed by atoms with van der Waals surface area (Å²) in [5.74, 6) is 0.668. The number of halogens is 1. The molecule has 2 rings (SSSR count). The Morgan fingerprint density at radius 3 is 3.00 bits per heavy atom. The zero-order valence-electron chi connectivity index (χ0n) is 8.05. The second-order valence-corrected chi connectivity index (χ2v) is 4.86. The zero-order valence-corrected chi connectivity index (χ0v) is 9.63. The maximum atomic E-state index is 3.51. The SMILES string of the molecule is CC1CN(C)Cc2cc(Br)ccc21. The highest BCUT2D eigenvalue weighted by molar-refractivity contribution is 9.10. The summed E-state index contributed by atoms with van der Waals surface area (Å²) in [6, 6.07) is 6.62. The molecule has 0 radical (unpaired) electrons. The maximum Gasteiger partial charge on any atom is 0.0234 e. The lowest BCUT2D eigenvalue weighted by molar-refractivity contribution is 0.288. The van der Waals surface area contributed by atoms with Crippen molar-refractivity contribution in [1.82, 2.24) is 4.90 Å². The molecule has 1 unspecified atom stereocenters. The van der Waals surface area contributed by atoms with E-state index in [9.17, 15) is 0 Å². The van der Waals surface area contributed by atoms with Gasteiger partial charge in [0.25, 0.3) is 0 Å². The lowest BCUT2D eigenvalue weighted by Crippen LogP contribution is -2.28. The first-order valence-corrected chi connectivity index (χ1v) is 5.43. The third-order valence-electron chi connectivity index (χ3n) is 2.66. The van der Waals surface area contributed by atoms with Crippen LogP contribution in [0.15, 0.2) is 22.7 Å². The van der Waals surface area contributed by atoms with Gasteiger partial charge in [-0.15, -0.1) is 0 Å². The van der Waals surface area contributed by atoms with Gasteiger partial charge in [0.15, 0.2) is 0 Å². The highest BCUT2D eigenvalue weighted by Crippen LogP contribution is 2.29. The molecule has 1 aromatic carbocycles. The molecule has 1 nitrogen and oxygen atoms in total. The van der Waals surface area contributed by atoms with Crippen LogP contribution in [0.2, 0.25) is 0 Å². The molecule has 0 fully saturated rings. The number of likely N-dealkylation sites (N-methyl/N-ethyl adjacent to an activating group) is 1. The van der Waals surface area contributed by atoms with Gasteiger partial charge in [0.2, 0.25) is 0 Å². The minimum atomic E-state index is 0.668. The first-order chi connectivity index (χ1) is 6.16. The minimum Gasteiger partial charge on any atom is -0.302 e. The van der Waals surface area contributed by atoms with Crippen molar-refractivity contribution in [2.45, 2.75) is 19.4 Å². The van der Waals surface area contributed by atoms with Gasteiger partial charge in [-0.1, -0.05) is 28.9 Å². The van der Waals surface area contributed by atoms with Gasteiger partial charge in [-0.3, -0.25) is 0 Å². The highest BCUT2D eigenvalue weighted by atomic mass is 79.9. The molecule has 1 aliphatic rings. The summed E-state index contributed by atoms with van der Waals surface area (Å²) in [6.45, 7) is 4.55. The smallest absolute Gasteiger partial charge is 0.0234 e. The van der Waals surface area contributed by atoms with Gasteiger partial charge in [-0.2, -0.15) is 0 Å². The summed E-state index contributed by atoms with van der Waals surface area (Å²) in [4.78, 5) is 2.37. The Labute approximate surface area is 87.9 Å². The van der Waals surface area contributed by atoms with E-state index in [1.54, 1.807) is 0 Å². The third kappa shape index (κ3) is 1.79. The molecule has 70 valence electrons. The fourth-order valence-electron chi connectivity index (χ4n) is 2.11. The summed E-state index contributed by atoms with van der Waals surface area (Å²) in [5.41, 5.74) is 2.98. The molecule has 13 heavy (non-hydrogen) atoms. The number of rotatable bonds is 0. The second kappa shape index (κ2) is 3.43. The van der Waals surface area contributed by atoms with Crippen LogP contribution in [0.3, 0.4) is 0 Å². The molecule has 0 saturated carbocycles. The van der Waals surface area contributed by atoms with Gasteiger partial charge in [-0.25, -0.2) is 0 Å². The molecule has 1 aromatic rings. The van der Waals surface area contributed by atoms with Crippen LogP contribution in [0.1, 0.15) is 24.0 Å². The average Bonchev–Trinajstić information content (AvgIpc) is 2.02. The van der Waals surface area contributed by atoms with Crippen molar-refractivity contribution in [3.63, 3.8) is 0 Å². The summed E-state index contributed by atoms with van der Waals surface area (Å²) < 4.78 is 1.19. The Bertz CT molecular complexity index is 322. The van der Waals surface area contributed by atoms with Crippen molar-refractivity contribution in [3.05, 3.63) is 33.8 Å². The topological polar surface area (TPSA) is 3.24 Å². The molecule has 0 N–H and O–H groups in total. The van der Waals surface area contributed by atoms with Crippen molar-refractivity contribution in [2.24, 2.45) is 0 Å². The molecular formula is C11H14BrN. The van der Waals surface area contributed by atoms with Gasteiger partial charge in [0.05, 0.1) is 0 Å². The predicted octanol–water partition coefficient (Wildman–Crippen LogP) is 3.00. The molecule has 0 amide bonds. The maximum absolute atomic E-state index is 3.51. The second-order valence-electron chi connectivity index (χ2n) is 3.94. The first-order valence-electron chi connectivity index (χ1n) is 4.63. The molecule has 1 heterocycles. The van der Waals surface area contributed by atoms with E-state index in [0.29, 0.717) is 5.92 Å². The van der Waals surface area contributed by atoms with Gasteiger partial charge >= 0.3 is 0 Å². The van der Waals surface area contributed by atoms with Crippen molar-refractivity contribution >= 4 is 15.9 Å². The van der Waals surface area contributed by atoms with E-state index >= 15 is 0 Å². The molecule has 0 saturated heterocycles. The number of hydrogen-bond acceptors (Lipinski definition) is 1. The van der Waals surface area contributed by atoms with E-state index in [1.165, 1.54) is 22.1 Å². The third-order valence-corrected chi connectivity index (χ3v) is 3.15. The normalized spacial score (nSPS) is 22.8. The molecule has 0 aliphatic carbocycles. The van der Waals surface area contributed by atoms with E-state index < -0.39 is 0 Å². The largest absolute Gasteiger partial charge is 0.302 e. The molecule has 1 atom stereocenters. The lowest BCUT2D eigenvalue weighted by atomic mass is 9.92. The predicted molar refractivity (Wildman–Crippen MR) is 58.9 cm³/mol. The zero-order chi connectivity index (χ0) is 9.42. The van der Waals surface area contributed by atoms with Crippen LogP contribution < -0.4 is 0 Å². The summed E-state index contributed by atoms with van der Waals surface area (Å²) in [7, 11) is 2.18. The summed E-state index contributed by atoms with van der Waals surface area (Å²) in [6.07, 6.45) is 0. The number of nitrogens with zero attached hydrogens (tertiary/aromatic N) is 1. The van der Waals surface area contributed by atoms with E-state index in [1.807, 2.05) is 0 Å². The first kappa shape index (κ1) is 9.22. The van der Waals surface area contributed by atoms with Crippen molar-refractivity contribution < 1.29 is 0 Å². The number of hydrogen-bond donors (Lipinski definition) is 0. The molecule has 1 aliphatic heterocycles. The monoisotopic (exact) mass is 239 g/mol. The quantitative estimate of drug-likeness (QED) is 0.673. The molecular weight excluding hydrogens is 226 g/mol. The molecule has 0 bridgehead atoms. The Balaban J connectivity index is 2.43.